The number of nitrogens with one attached hydrogen (secondary N) is 2. The summed E-state index contributed by atoms with van der Waals surface area (Å²) in [6.45, 7) is 4.64. The fourth-order valence-electron chi connectivity index (χ4n) is 14.0. The number of fused-ring (bicyclic) bond motifs is 10. The topological polar surface area (TPSA) is 351 Å². The zero-order chi connectivity index (χ0) is 81.4. The third-order valence-corrected chi connectivity index (χ3v) is 21.4. The molecule has 4 aromatic carbocycles. The van der Waals surface area contributed by atoms with Crippen LogP contribution >= 0.6 is 31.6 Å². The Kier molecular flexibility index (Phi) is 42.6. The van der Waals surface area contributed by atoms with Crippen LogP contribution in [-0.4, -0.2) is 260 Å². The van der Waals surface area contributed by atoms with Gasteiger partial charge in [0.2, 0.25) is 0 Å². The Morgan fingerprint density at radius 2 is 0.862 bits per heavy atom. The lowest BCUT2D eigenvalue weighted by Gasteiger charge is -2.47. The molecule has 0 aromatic heterocycles. The van der Waals surface area contributed by atoms with Gasteiger partial charge in [-0.15, -0.1) is 12.4 Å². The number of carbonyl (C=O) groups is 10. The van der Waals surface area contributed by atoms with E-state index in [-0.39, 0.29) is 160 Å². The van der Waals surface area contributed by atoms with Gasteiger partial charge in [-0.2, -0.15) is 0 Å². The van der Waals surface area contributed by atoms with Crippen molar-refractivity contribution in [2.75, 3.05) is 108 Å². The van der Waals surface area contributed by atoms with Crippen LogP contribution in [0.25, 0.3) is 0 Å². The second-order valence-corrected chi connectivity index (χ2v) is 30.1. The van der Waals surface area contributed by atoms with Gasteiger partial charge in [-0.3, -0.25) is 43.2 Å². The van der Waals surface area contributed by atoms with Crippen LogP contribution in [0, 0.1) is 5.92 Å². The largest absolute Gasteiger partial charge is 0.469 e. The Labute approximate surface area is 684 Å². The first-order valence-electron chi connectivity index (χ1n) is 36.8. The summed E-state index contributed by atoms with van der Waals surface area (Å²) >= 11 is 4.97. The van der Waals surface area contributed by atoms with Crippen molar-refractivity contribution in [2.45, 2.75) is 172 Å². The van der Waals surface area contributed by atoms with Gasteiger partial charge in [0.25, 0.3) is 0 Å². The Hall–Kier alpha value is -8.44. The number of rotatable bonds is 15. The molecule has 2 N–H and O–H groups in total. The van der Waals surface area contributed by atoms with E-state index in [1.54, 1.807) is 4.90 Å². The number of ether oxygens (including phenoxy) is 12. The molecule has 10 heterocycles. The number of amides is 3. The van der Waals surface area contributed by atoms with Crippen molar-refractivity contribution in [3.8, 4) is 0 Å². The van der Waals surface area contributed by atoms with Gasteiger partial charge in [-0.25, -0.2) is 37.1 Å². The molecule has 10 fully saturated rings. The predicted molar refractivity (Wildman–Crippen MR) is 418 cm³/mol. The van der Waals surface area contributed by atoms with Crippen molar-refractivity contribution in [3.05, 3.63) is 155 Å². The number of carbonyl (C=O) groups excluding carboxylic acids is 10. The molecular formula is C80H107Cl2F3N5O25P. The van der Waals surface area contributed by atoms with Gasteiger partial charge in [0.1, 0.15) is 56.5 Å². The highest BCUT2D eigenvalue weighted by Gasteiger charge is 2.50. The van der Waals surface area contributed by atoms with E-state index in [0.29, 0.717) is 95.2 Å². The lowest BCUT2D eigenvalue weighted by atomic mass is 9.83. The van der Waals surface area contributed by atoms with Crippen LogP contribution in [0.4, 0.5) is 32.3 Å². The van der Waals surface area contributed by atoms with E-state index in [2.05, 4.69) is 38.6 Å². The summed E-state index contributed by atoms with van der Waals surface area (Å²) in [5.74, 6) is -1.64. The number of nitrogens with zero attached hydrogens (tertiary/aromatic N) is 3. The third-order valence-electron chi connectivity index (χ3n) is 19.5. The Morgan fingerprint density at radius 3 is 1.30 bits per heavy atom. The summed E-state index contributed by atoms with van der Waals surface area (Å²) in [5, 5.41) is 6.51. The molecule has 14 unspecified atom stereocenters. The number of methoxy groups -OCH3 is 3. The minimum atomic E-state index is -3.23. The summed E-state index contributed by atoms with van der Waals surface area (Å²) in [4.78, 5) is 119. The molecule has 10 aliphatic heterocycles. The smallest absolute Gasteiger partial charge is 0.410 e. The van der Waals surface area contributed by atoms with Crippen LogP contribution in [0.15, 0.2) is 133 Å². The first kappa shape index (κ1) is 98.1. The van der Waals surface area contributed by atoms with E-state index in [1.807, 2.05) is 121 Å². The second kappa shape index (κ2) is 50.4. The lowest BCUT2D eigenvalue weighted by molar-refractivity contribution is -0.145. The fraction of sp³-hybridized carbons (Fsp3) is 0.550. The van der Waals surface area contributed by atoms with Crippen LogP contribution < -0.4 is 10.6 Å². The van der Waals surface area contributed by atoms with Gasteiger partial charge in [-0.1, -0.05) is 136 Å². The van der Waals surface area contributed by atoms with Crippen molar-refractivity contribution in [3.63, 3.8) is 0 Å². The van der Waals surface area contributed by atoms with Crippen molar-refractivity contribution >= 4 is 90.6 Å². The number of esters is 3. The highest BCUT2D eigenvalue weighted by molar-refractivity contribution is 7.54. The maximum atomic E-state index is 14.8. The number of halogens is 5. The molecule has 30 nitrogen and oxygen atoms in total. The predicted octanol–water partition coefficient (Wildman–Crippen LogP) is 10.6. The summed E-state index contributed by atoms with van der Waals surface area (Å²) in [7, 11) is 2.99. The van der Waals surface area contributed by atoms with Crippen LogP contribution in [-0.2, 0) is 126 Å². The number of piperidine rings is 5. The van der Waals surface area contributed by atoms with Crippen LogP contribution in [0.2, 0.25) is 0 Å². The minimum absolute atomic E-state index is 0. The van der Waals surface area contributed by atoms with Gasteiger partial charge in [0.05, 0.1) is 136 Å². The average Bonchev–Trinajstić information content (AvgIpc) is 0.779. The third kappa shape index (κ3) is 30.5. The normalized spacial score (nSPS) is 25.9. The van der Waals surface area contributed by atoms with Crippen LogP contribution in [0.1, 0.15) is 88.5 Å². The zero-order valence-corrected chi connectivity index (χ0v) is 66.4. The SMILES string of the molecule is C.C.COC(=O)/C=C1\CC2COCC(C1F)N2C(=O)OCc1ccccc1.COC(=O)CC1CC2COCC(N2)C1F.COC(=O)CP(=O)(OC)OC.Cl.O=C(Cl)OCc1ccccc1.O=C1CC2COCC(C1)N2.O=C1CC2COCC(C1)N2C(=O)OCc1ccccc1.O=C1CC2COCC(C1F)N2C(=O)OCc1ccccc1. The highest BCUT2D eigenvalue weighted by atomic mass is 35.5. The Balaban J connectivity index is 0.000000246. The van der Waals surface area contributed by atoms with Gasteiger partial charge in [0.15, 0.2) is 12.0 Å². The summed E-state index contributed by atoms with van der Waals surface area (Å²) < 4.78 is 123. The molecule has 36 heteroatoms. The number of Topliss-reactive ketones (excluding diaryl/α,β-unsaturated/α-hetero) is 3. The average molecular weight is 1700 g/mol. The molecule has 0 radical (unpaired) electrons. The molecule has 10 aliphatic rings. The highest BCUT2D eigenvalue weighted by Crippen LogP contribution is 2.46. The zero-order valence-electron chi connectivity index (χ0n) is 63.9. The summed E-state index contributed by atoms with van der Waals surface area (Å²) in [6, 6.07) is 35.2. The molecule has 10 bridgehead atoms. The van der Waals surface area contributed by atoms with E-state index in [4.69, 9.17) is 49.5 Å². The van der Waals surface area contributed by atoms with Crippen molar-refractivity contribution in [1.29, 1.82) is 0 Å². The van der Waals surface area contributed by atoms with E-state index >= 15 is 0 Å². The minimum Gasteiger partial charge on any atom is -0.469 e. The number of morpholine rings is 5. The maximum absolute atomic E-state index is 14.8. The maximum Gasteiger partial charge on any atom is 0.410 e. The number of benzene rings is 4. The van der Waals surface area contributed by atoms with Gasteiger partial charge < -0.3 is 76.5 Å². The molecule has 116 heavy (non-hydrogen) atoms. The van der Waals surface area contributed by atoms with Crippen LogP contribution in [0.5, 0.6) is 0 Å². The molecule has 0 aliphatic carbocycles. The van der Waals surface area contributed by atoms with E-state index in [0.717, 1.165) is 22.3 Å². The van der Waals surface area contributed by atoms with Crippen molar-refractivity contribution < 1.29 is 132 Å². The Bertz CT molecular complexity index is 3800. The molecular weight excluding hydrogens is 1590 g/mol. The standard InChI is InChI=1S/C18H20FNO5.C15H16FNO4.C15H17NO4.C10H16FNO3.C8H7ClO2.C7H11NO2.C5H11O5P.2CH4.ClH/c1-23-16(21)8-13-7-14-10-24-11-15(17(13)19)20(14)18(22)25-9-12-5-3-2-4-6-12;16-14-12-9-20-8-11(6-13(14)18)17(12)15(19)21-7-10-4-2-1-3-5-10;17-14-6-12-9-19-10-13(7-14)16(12)15(18)20-8-11-4-2-1-3-5-11;1-14-9(13)3-6-2-7-4-15-5-8(12-7)10(6)11;9-8(10)11-6-7-4-2-1-3-5-7;9-7-1-5-3-10-4-6(2-7)8-5;1-8-5(6)4-11(7,9-2)10-3;;;/h2-6,8,14-15,17H,7,9-11H2,1H3;1-5,11-12,14H,6-9H2;1-5,12-13H,6-10H2;6-8,10,12H,2-5H2,1H3;1-5H,6H2;5-6,8H,1-4H2;4H2,1-3H3;2*1H4;1H/b13-8+;;;;;;;;;. The number of hydrogen-bond donors (Lipinski definition) is 2. The van der Waals surface area contributed by atoms with E-state index in [9.17, 15) is 65.7 Å². The van der Waals surface area contributed by atoms with Gasteiger partial charge in [0, 0.05) is 88.0 Å². The van der Waals surface area contributed by atoms with E-state index < -0.39 is 79.6 Å². The van der Waals surface area contributed by atoms with Gasteiger partial charge in [-0.05, 0) is 40.7 Å². The molecule has 14 rings (SSSR count). The number of alkyl halides is 3. The first-order chi connectivity index (χ1) is 54.4. The molecule has 3 amide bonds. The van der Waals surface area contributed by atoms with E-state index in [1.165, 1.54) is 51.4 Å². The molecule has 4 aromatic rings. The lowest BCUT2D eigenvalue weighted by Crippen LogP contribution is -2.64. The number of ketones is 3. The Morgan fingerprint density at radius 1 is 0.474 bits per heavy atom. The fourth-order valence-corrected chi connectivity index (χ4v) is 14.9. The first-order valence-corrected chi connectivity index (χ1v) is 38.9. The molecule has 0 spiro atoms. The van der Waals surface area contributed by atoms with Gasteiger partial charge >= 0.3 is 49.2 Å². The quantitative estimate of drug-likeness (QED) is 0.0367. The molecule has 642 valence electrons. The summed E-state index contributed by atoms with van der Waals surface area (Å²) in [6.07, 6.45) is -1.79. The molecule has 14 atom stereocenters. The van der Waals surface area contributed by atoms with Crippen molar-refractivity contribution in [2.24, 2.45) is 5.92 Å². The summed E-state index contributed by atoms with van der Waals surface area (Å²) in [5.41, 5.74) is 3.16. The second-order valence-electron chi connectivity index (χ2n) is 27.6. The number of hydrogen-bond acceptors (Lipinski definition) is 27. The molecule has 0 saturated carbocycles. The monoisotopic (exact) mass is 1700 g/mol. The van der Waals surface area contributed by atoms with Crippen LogP contribution in [0.3, 0.4) is 0 Å². The molecule has 10 saturated heterocycles. The van der Waals surface area contributed by atoms with Crippen molar-refractivity contribution in [1.82, 2.24) is 25.3 Å².